The fourth-order valence-corrected chi connectivity index (χ4v) is 2.23. The van der Waals surface area contributed by atoms with Crippen molar-refractivity contribution in [3.05, 3.63) is 28.8 Å². The van der Waals surface area contributed by atoms with Crippen LogP contribution in [0.5, 0.6) is 0 Å². The van der Waals surface area contributed by atoms with Gasteiger partial charge < -0.3 is 5.32 Å². The first-order valence-corrected chi connectivity index (χ1v) is 6.90. The summed E-state index contributed by atoms with van der Waals surface area (Å²) in [4.78, 5) is 0. The smallest absolute Gasteiger partial charge is 0.0449 e. The fraction of sp³-hybridized carbons (Fsp3) is 0.562. The average Bonchev–Trinajstić information content (AvgIpc) is 2.26. The number of thiocarbonyl (C=S) groups is 1. The maximum Gasteiger partial charge on any atom is 0.0449 e. The second kappa shape index (κ2) is 5.00. The maximum atomic E-state index is 5.14. The van der Waals surface area contributed by atoms with Crippen LogP contribution in [0.25, 0.3) is 0 Å². The van der Waals surface area contributed by atoms with Crippen LogP contribution in [0, 0.1) is 12.3 Å². The molecule has 0 heterocycles. The molecule has 2 heteroatoms. The minimum absolute atomic E-state index is 0.108. The molecule has 0 spiro atoms. The van der Waals surface area contributed by atoms with Crippen LogP contribution in [-0.4, -0.2) is 12.4 Å². The van der Waals surface area contributed by atoms with E-state index in [9.17, 15) is 0 Å². The molecule has 100 valence electrons. The van der Waals surface area contributed by atoms with E-state index >= 15 is 0 Å². The Labute approximate surface area is 117 Å². The highest BCUT2D eigenvalue weighted by atomic mass is 32.1. The number of hydrogen-bond acceptors (Lipinski definition) is 2. The highest BCUT2D eigenvalue weighted by molar-refractivity contribution is 7.79. The van der Waals surface area contributed by atoms with Crippen LogP contribution < -0.4 is 5.32 Å². The summed E-state index contributed by atoms with van der Waals surface area (Å²) in [6, 6.07) is 4.50. The predicted octanol–water partition coefficient (Wildman–Crippen LogP) is 4.71. The highest BCUT2D eigenvalue weighted by Gasteiger charge is 2.34. The second-order valence-electron chi connectivity index (χ2n) is 6.50. The monoisotopic (exact) mass is 263 g/mol. The standard InChI is InChI=1S/C16H25NS/c1-11-8-13(16(5,6)15(2,3)4)9-12(10-18)14(11)17-7/h8-10,17H,1-7H3. The zero-order valence-electron chi connectivity index (χ0n) is 12.6. The Morgan fingerprint density at radius 1 is 1.11 bits per heavy atom. The van der Waals surface area contributed by atoms with Crippen molar-refractivity contribution >= 4 is 23.3 Å². The van der Waals surface area contributed by atoms with Crippen LogP contribution in [-0.2, 0) is 5.41 Å². The molecule has 0 radical (unpaired) electrons. The van der Waals surface area contributed by atoms with Gasteiger partial charge in [-0.3, -0.25) is 0 Å². The molecule has 0 aliphatic rings. The molecule has 0 atom stereocenters. The van der Waals surface area contributed by atoms with E-state index < -0.39 is 0 Å². The number of rotatable bonds is 3. The third-order valence-corrected chi connectivity index (χ3v) is 4.59. The van der Waals surface area contributed by atoms with Gasteiger partial charge in [-0.1, -0.05) is 52.9 Å². The van der Waals surface area contributed by atoms with Crippen molar-refractivity contribution < 1.29 is 0 Å². The molecule has 0 aliphatic heterocycles. The lowest BCUT2D eigenvalue weighted by atomic mass is 9.65. The molecular weight excluding hydrogens is 238 g/mol. The predicted molar refractivity (Wildman–Crippen MR) is 86.0 cm³/mol. The van der Waals surface area contributed by atoms with Crippen molar-refractivity contribution in [2.24, 2.45) is 5.41 Å². The summed E-state index contributed by atoms with van der Waals surface area (Å²) in [5, 5.41) is 5.00. The van der Waals surface area contributed by atoms with Gasteiger partial charge >= 0.3 is 0 Å². The van der Waals surface area contributed by atoms with Gasteiger partial charge in [-0.15, -0.1) is 0 Å². The molecule has 0 aliphatic carbocycles. The molecule has 0 unspecified atom stereocenters. The van der Waals surface area contributed by atoms with Crippen molar-refractivity contribution in [3.8, 4) is 0 Å². The van der Waals surface area contributed by atoms with Crippen LogP contribution in [0.1, 0.15) is 51.3 Å². The van der Waals surface area contributed by atoms with E-state index in [0.717, 1.165) is 11.3 Å². The van der Waals surface area contributed by atoms with Gasteiger partial charge in [0.1, 0.15) is 0 Å². The molecule has 1 N–H and O–H groups in total. The third-order valence-electron chi connectivity index (χ3n) is 4.34. The van der Waals surface area contributed by atoms with E-state index in [2.05, 4.69) is 59.0 Å². The zero-order chi connectivity index (χ0) is 14.1. The Balaban J connectivity index is 3.45. The average molecular weight is 263 g/mol. The number of aryl methyl sites for hydroxylation is 1. The van der Waals surface area contributed by atoms with Crippen LogP contribution in [0.2, 0.25) is 0 Å². The van der Waals surface area contributed by atoms with Gasteiger partial charge in [-0.2, -0.15) is 0 Å². The normalized spacial score (nSPS) is 12.4. The minimum atomic E-state index is 0.108. The van der Waals surface area contributed by atoms with Crippen molar-refractivity contribution in [3.63, 3.8) is 0 Å². The van der Waals surface area contributed by atoms with Gasteiger partial charge in [0.25, 0.3) is 0 Å². The van der Waals surface area contributed by atoms with Crippen molar-refractivity contribution in [2.75, 3.05) is 12.4 Å². The number of anilines is 1. The molecule has 0 saturated carbocycles. The third kappa shape index (κ3) is 2.59. The largest absolute Gasteiger partial charge is 0.387 e. The van der Waals surface area contributed by atoms with Gasteiger partial charge in [0.15, 0.2) is 0 Å². The van der Waals surface area contributed by atoms with Crippen molar-refractivity contribution in [1.82, 2.24) is 0 Å². The van der Waals surface area contributed by atoms with Gasteiger partial charge in [-0.25, -0.2) is 0 Å². The lowest BCUT2D eigenvalue weighted by Crippen LogP contribution is -2.34. The topological polar surface area (TPSA) is 12.0 Å². The number of benzene rings is 1. The van der Waals surface area contributed by atoms with Gasteiger partial charge in [0.2, 0.25) is 0 Å². The molecule has 1 aromatic rings. The molecule has 1 nitrogen and oxygen atoms in total. The molecule has 0 fully saturated rings. The van der Waals surface area contributed by atoms with Crippen molar-refractivity contribution in [2.45, 2.75) is 47.0 Å². The maximum absolute atomic E-state index is 5.14. The van der Waals surface area contributed by atoms with Gasteiger partial charge in [-0.05, 0) is 34.9 Å². The van der Waals surface area contributed by atoms with Gasteiger partial charge in [0.05, 0.1) is 0 Å². The Morgan fingerprint density at radius 2 is 1.67 bits per heavy atom. The Bertz CT molecular complexity index is 453. The van der Waals surface area contributed by atoms with E-state index in [1.165, 1.54) is 11.1 Å². The molecule has 1 rings (SSSR count). The van der Waals surface area contributed by atoms with E-state index in [-0.39, 0.29) is 10.8 Å². The summed E-state index contributed by atoms with van der Waals surface area (Å²) in [5.41, 5.74) is 5.17. The Hall–Kier alpha value is -0.890. The van der Waals surface area contributed by atoms with Crippen molar-refractivity contribution in [1.29, 1.82) is 0 Å². The molecule has 0 bridgehead atoms. The van der Waals surface area contributed by atoms with Crippen LogP contribution in [0.4, 0.5) is 5.69 Å². The SMILES string of the molecule is CNc1c(C)cc(C(C)(C)C(C)(C)C)cc1C=S. The van der Waals surface area contributed by atoms with E-state index in [0.29, 0.717) is 0 Å². The number of hydrogen-bond donors (Lipinski definition) is 1. The van der Waals surface area contributed by atoms with Crippen LogP contribution >= 0.6 is 12.2 Å². The second-order valence-corrected chi connectivity index (χ2v) is 6.74. The summed E-state index contributed by atoms with van der Waals surface area (Å²) >= 11 is 5.14. The van der Waals surface area contributed by atoms with E-state index in [1.807, 2.05) is 7.05 Å². The molecular formula is C16H25NS. The lowest BCUT2D eigenvalue weighted by Gasteiger charge is -2.40. The Morgan fingerprint density at radius 3 is 2.06 bits per heavy atom. The van der Waals surface area contributed by atoms with E-state index in [1.54, 1.807) is 5.37 Å². The minimum Gasteiger partial charge on any atom is -0.387 e. The Kier molecular flexibility index (Phi) is 4.22. The highest BCUT2D eigenvalue weighted by Crippen LogP contribution is 2.42. The summed E-state index contributed by atoms with van der Waals surface area (Å²) < 4.78 is 0. The summed E-state index contributed by atoms with van der Waals surface area (Å²) in [5.74, 6) is 0. The first-order valence-electron chi connectivity index (χ1n) is 6.43. The molecule has 0 amide bonds. The summed E-state index contributed by atoms with van der Waals surface area (Å²) in [6.07, 6.45) is 0. The molecule has 18 heavy (non-hydrogen) atoms. The first kappa shape index (κ1) is 15.2. The first-order chi connectivity index (χ1) is 8.15. The van der Waals surface area contributed by atoms with Crippen LogP contribution in [0.15, 0.2) is 12.1 Å². The molecule has 1 aromatic carbocycles. The van der Waals surface area contributed by atoms with E-state index in [4.69, 9.17) is 12.2 Å². The molecule has 0 aromatic heterocycles. The summed E-state index contributed by atoms with van der Waals surface area (Å²) in [7, 11) is 1.94. The zero-order valence-corrected chi connectivity index (χ0v) is 13.5. The molecule has 0 saturated heterocycles. The van der Waals surface area contributed by atoms with Gasteiger partial charge in [0, 0.05) is 23.7 Å². The fourth-order valence-electron chi connectivity index (χ4n) is 2.04. The number of nitrogens with one attached hydrogen (secondary N) is 1. The quantitative estimate of drug-likeness (QED) is 0.793. The lowest BCUT2D eigenvalue weighted by molar-refractivity contribution is 0.225. The van der Waals surface area contributed by atoms with Crippen LogP contribution in [0.3, 0.4) is 0 Å². The summed E-state index contributed by atoms with van der Waals surface area (Å²) in [6.45, 7) is 13.6.